The van der Waals surface area contributed by atoms with Gasteiger partial charge >= 0.3 is 5.97 Å². The molecule has 0 aliphatic rings. The van der Waals surface area contributed by atoms with Crippen molar-refractivity contribution in [2.24, 2.45) is 0 Å². The highest BCUT2D eigenvalue weighted by atomic mass is 32.2. The third-order valence-electron chi connectivity index (χ3n) is 2.54. The standard InChI is InChI=1S/C12H12N2O5S/c1-8-9(12(16)17)3-2-4-10(8)20(18,19)7-11(15)14-6-5-13/h2-4H,6-7H2,1H3,(H,14,15)(H,16,17). The van der Waals surface area contributed by atoms with Gasteiger partial charge in [-0.05, 0) is 24.6 Å². The van der Waals surface area contributed by atoms with E-state index in [0.717, 1.165) is 0 Å². The average molecular weight is 296 g/mol. The van der Waals surface area contributed by atoms with Crippen molar-refractivity contribution >= 4 is 21.7 Å². The Morgan fingerprint density at radius 3 is 2.60 bits per heavy atom. The fourth-order valence-corrected chi connectivity index (χ4v) is 3.09. The van der Waals surface area contributed by atoms with Gasteiger partial charge in [-0.15, -0.1) is 0 Å². The maximum Gasteiger partial charge on any atom is 0.335 e. The molecule has 0 saturated heterocycles. The van der Waals surface area contributed by atoms with Crippen LogP contribution in [0.25, 0.3) is 0 Å². The Labute approximate surface area is 115 Å². The highest BCUT2D eigenvalue weighted by Gasteiger charge is 2.23. The van der Waals surface area contributed by atoms with Gasteiger partial charge in [0, 0.05) is 0 Å². The number of hydrogen-bond acceptors (Lipinski definition) is 5. The van der Waals surface area contributed by atoms with Gasteiger partial charge in [0.2, 0.25) is 5.91 Å². The molecule has 7 nitrogen and oxygen atoms in total. The van der Waals surface area contributed by atoms with Crippen molar-refractivity contribution in [3.05, 3.63) is 29.3 Å². The molecule has 0 heterocycles. The minimum absolute atomic E-state index is 0.0769. The Bertz CT molecular complexity index is 688. The molecule has 1 amide bonds. The van der Waals surface area contributed by atoms with E-state index in [1.54, 1.807) is 6.07 Å². The van der Waals surface area contributed by atoms with Gasteiger partial charge in [0.25, 0.3) is 0 Å². The number of nitrogens with zero attached hydrogens (tertiary/aromatic N) is 1. The molecule has 0 aliphatic heterocycles. The van der Waals surface area contributed by atoms with Crippen LogP contribution in [0, 0.1) is 18.3 Å². The van der Waals surface area contributed by atoms with E-state index < -0.39 is 27.5 Å². The molecule has 106 valence electrons. The summed E-state index contributed by atoms with van der Waals surface area (Å²) in [6.45, 7) is 1.08. The zero-order valence-corrected chi connectivity index (χ0v) is 11.4. The van der Waals surface area contributed by atoms with E-state index in [4.69, 9.17) is 10.4 Å². The number of nitriles is 1. The smallest absolute Gasteiger partial charge is 0.335 e. The monoisotopic (exact) mass is 296 g/mol. The van der Waals surface area contributed by atoms with Crippen LogP contribution in [0.1, 0.15) is 15.9 Å². The van der Waals surface area contributed by atoms with Gasteiger partial charge in [-0.25, -0.2) is 13.2 Å². The van der Waals surface area contributed by atoms with Crippen LogP contribution in [-0.2, 0) is 14.6 Å². The van der Waals surface area contributed by atoms with Crippen LogP contribution in [-0.4, -0.2) is 37.7 Å². The van der Waals surface area contributed by atoms with E-state index in [1.807, 2.05) is 0 Å². The molecule has 0 unspecified atom stereocenters. The summed E-state index contributed by atoms with van der Waals surface area (Å²) in [6, 6.07) is 5.49. The Balaban J connectivity index is 3.11. The number of aromatic carboxylic acids is 1. The summed E-state index contributed by atoms with van der Waals surface area (Å²) in [6.07, 6.45) is 0. The van der Waals surface area contributed by atoms with E-state index in [2.05, 4.69) is 5.32 Å². The minimum Gasteiger partial charge on any atom is -0.478 e. The molecular weight excluding hydrogens is 284 g/mol. The van der Waals surface area contributed by atoms with Crippen LogP contribution in [0.2, 0.25) is 0 Å². The second kappa shape index (κ2) is 6.16. The molecule has 1 rings (SSSR count). The topological polar surface area (TPSA) is 124 Å². The SMILES string of the molecule is Cc1c(C(=O)O)cccc1S(=O)(=O)CC(=O)NCC#N. The van der Waals surface area contributed by atoms with Crippen LogP contribution in [0.4, 0.5) is 0 Å². The lowest BCUT2D eigenvalue weighted by Crippen LogP contribution is -2.30. The molecule has 1 aromatic rings. The van der Waals surface area contributed by atoms with E-state index in [0.29, 0.717) is 0 Å². The molecular formula is C12H12N2O5S. The van der Waals surface area contributed by atoms with Crippen molar-refractivity contribution in [3.8, 4) is 6.07 Å². The Morgan fingerprint density at radius 1 is 1.40 bits per heavy atom. The molecule has 0 radical (unpaired) electrons. The third kappa shape index (κ3) is 3.55. The summed E-state index contributed by atoms with van der Waals surface area (Å²) in [5.74, 6) is -2.89. The summed E-state index contributed by atoms with van der Waals surface area (Å²) in [5.41, 5.74) is -0.0587. The first-order valence-electron chi connectivity index (χ1n) is 5.49. The van der Waals surface area contributed by atoms with Crippen LogP contribution in [0.3, 0.4) is 0 Å². The van der Waals surface area contributed by atoms with Gasteiger partial charge in [0.1, 0.15) is 12.3 Å². The van der Waals surface area contributed by atoms with Crippen molar-refractivity contribution in [1.29, 1.82) is 5.26 Å². The summed E-state index contributed by atoms with van der Waals surface area (Å²) in [5, 5.41) is 19.4. The minimum atomic E-state index is -3.96. The lowest BCUT2D eigenvalue weighted by Gasteiger charge is -2.09. The zero-order valence-electron chi connectivity index (χ0n) is 10.6. The second-order valence-electron chi connectivity index (χ2n) is 3.93. The van der Waals surface area contributed by atoms with Crippen molar-refractivity contribution in [2.75, 3.05) is 12.3 Å². The van der Waals surface area contributed by atoms with Crippen molar-refractivity contribution in [2.45, 2.75) is 11.8 Å². The number of carbonyl (C=O) groups is 2. The summed E-state index contributed by atoms with van der Waals surface area (Å²) in [7, 11) is -3.96. The maximum atomic E-state index is 12.1. The number of carboxylic acid groups (broad SMARTS) is 1. The van der Waals surface area contributed by atoms with Gasteiger partial charge in [0.15, 0.2) is 9.84 Å². The van der Waals surface area contributed by atoms with Gasteiger partial charge in [-0.1, -0.05) is 6.07 Å². The van der Waals surface area contributed by atoms with Crippen LogP contribution < -0.4 is 5.32 Å². The number of nitrogens with one attached hydrogen (secondary N) is 1. The lowest BCUT2D eigenvalue weighted by molar-refractivity contribution is -0.118. The van der Waals surface area contributed by atoms with Crippen LogP contribution >= 0.6 is 0 Å². The first-order valence-corrected chi connectivity index (χ1v) is 7.14. The predicted molar refractivity (Wildman–Crippen MR) is 68.8 cm³/mol. The fraction of sp³-hybridized carbons (Fsp3) is 0.250. The molecule has 0 aliphatic carbocycles. The van der Waals surface area contributed by atoms with E-state index in [9.17, 15) is 18.0 Å². The van der Waals surface area contributed by atoms with E-state index in [-0.39, 0.29) is 22.6 Å². The Morgan fingerprint density at radius 2 is 2.05 bits per heavy atom. The first kappa shape index (κ1) is 15.7. The molecule has 0 spiro atoms. The zero-order chi connectivity index (χ0) is 15.3. The molecule has 20 heavy (non-hydrogen) atoms. The first-order chi connectivity index (χ1) is 9.29. The summed E-state index contributed by atoms with van der Waals surface area (Å²) in [4.78, 5) is 22.1. The molecule has 0 bridgehead atoms. The molecule has 0 fully saturated rings. The Hall–Kier alpha value is -2.40. The molecule has 1 aromatic carbocycles. The van der Waals surface area contributed by atoms with Crippen LogP contribution in [0.5, 0.6) is 0 Å². The number of benzene rings is 1. The summed E-state index contributed by atoms with van der Waals surface area (Å²) < 4.78 is 24.1. The summed E-state index contributed by atoms with van der Waals surface area (Å²) >= 11 is 0. The molecule has 0 saturated carbocycles. The van der Waals surface area contributed by atoms with Gasteiger partial charge in [0.05, 0.1) is 16.5 Å². The van der Waals surface area contributed by atoms with Crippen molar-refractivity contribution < 1.29 is 23.1 Å². The van der Waals surface area contributed by atoms with Gasteiger partial charge in [-0.3, -0.25) is 4.79 Å². The number of hydrogen-bond donors (Lipinski definition) is 2. The number of carboxylic acids is 1. The number of sulfone groups is 1. The largest absolute Gasteiger partial charge is 0.478 e. The lowest BCUT2D eigenvalue weighted by atomic mass is 10.1. The van der Waals surface area contributed by atoms with E-state index >= 15 is 0 Å². The van der Waals surface area contributed by atoms with Gasteiger partial charge < -0.3 is 10.4 Å². The molecule has 8 heteroatoms. The number of amides is 1. The normalized spacial score (nSPS) is 10.6. The van der Waals surface area contributed by atoms with Crippen molar-refractivity contribution in [1.82, 2.24) is 5.32 Å². The fourth-order valence-electron chi connectivity index (χ4n) is 1.62. The highest BCUT2D eigenvalue weighted by Crippen LogP contribution is 2.20. The quantitative estimate of drug-likeness (QED) is 0.743. The van der Waals surface area contributed by atoms with Crippen molar-refractivity contribution in [3.63, 3.8) is 0 Å². The third-order valence-corrected chi connectivity index (χ3v) is 4.29. The number of carbonyl (C=O) groups excluding carboxylic acids is 1. The predicted octanol–water partition coefficient (Wildman–Crippen LogP) is 0.107. The Kier molecular flexibility index (Phi) is 4.83. The molecule has 0 atom stereocenters. The maximum absolute atomic E-state index is 12.1. The number of rotatable bonds is 5. The molecule has 0 aromatic heterocycles. The van der Waals surface area contributed by atoms with Gasteiger partial charge in [-0.2, -0.15) is 5.26 Å². The average Bonchev–Trinajstić information content (AvgIpc) is 2.35. The van der Waals surface area contributed by atoms with E-state index in [1.165, 1.54) is 25.1 Å². The highest BCUT2D eigenvalue weighted by molar-refractivity contribution is 7.92. The second-order valence-corrected chi connectivity index (χ2v) is 5.89. The van der Waals surface area contributed by atoms with Crippen LogP contribution in [0.15, 0.2) is 23.1 Å². The molecule has 2 N–H and O–H groups in total.